The standard InChI is InChI=1S/C15H19Cl2N3/c1-11(10-20-7-6-19-12(20)2)8-18-9-13-4-3-5-14(16)15(13)17/h3-7,11,18H,8-10H2,1-2H3. The molecule has 0 saturated heterocycles. The summed E-state index contributed by atoms with van der Waals surface area (Å²) in [5.74, 6) is 1.57. The first-order valence-electron chi connectivity index (χ1n) is 6.69. The van der Waals surface area contributed by atoms with Crippen molar-refractivity contribution in [2.45, 2.75) is 26.9 Å². The van der Waals surface area contributed by atoms with Crippen LogP contribution in [0.3, 0.4) is 0 Å². The van der Waals surface area contributed by atoms with Crippen molar-refractivity contribution in [3.63, 3.8) is 0 Å². The number of rotatable bonds is 6. The number of aromatic nitrogens is 2. The monoisotopic (exact) mass is 311 g/mol. The average molecular weight is 312 g/mol. The summed E-state index contributed by atoms with van der Waals surface area (Å²) in [5.41, 5.74) is 1.03. The summed E-state index contributed by atoms with van der Waals surface area (Å²) in [6.07, 6.45) is 3.85. The first-order chi connectivity index (χ1) is 9.58. The summed E-state index contributed by atoms with van der Waals surface area (Å²) in [6.45, 7) is 6.84. The number of imidazole rings is 1. The van der Waals surface area contributed by atoms with E-state index in [0.29, 0.717) is 16.0 Å². The van der Waals surface area contributed by atoms with Gasteiger partial charge in [0.1, 0.15) is 5.82 Å². The van der Waals surface area contributed by atoms with Crippen molar-refractivity contribution in [3.05, 3.63) is 52.0 Å². The van der Waals surface area contributed by atoms with Crippen molar-refractivity contribution >= 4 is 23.2 Å². The highest BCUT2D eigenvalue weighted by Crippen LogP contribution is 2.25. The Bertz CT molecular complexity index is 566. The van der Waals surface area contributed by atoms with Gasteiger partial charge in [-0.3, -0.25) is 0 Å². The second kappa shape index (κ2) is 7.11. The molecule has 0 aliphatic heterocycles. The lowest BCUT2D eigenvalue weighted by Crippen LogP contribution is -2.24. The van der Waals surface area contributed by atoms with Crippen LogP contribution in [0.15, 0.2) is 30.6 Å². The van der Waals surface area contributed by atoms with Gasteiger partial charge in [-0.05, 0) is 31.0 Å². The van der Waals surface area contributed by atoms with Crippen LogP contribution in [0.2, 0.25) is 10.0 Å². The fourth-order valence-corrected chi connectivity index (χ4v) is 2.52. The fraction of sp³-hybridized carbons (Fsp3) is 0.400. The molecule has 0 aliphatic rings. The van der Waals surface area contributed by atoms with Gasteiger partial charge >= 0.3 is 0 Å². The van der Waals surface area contributed by atoms with E-state index in [0.717, 1.165) is 31.0 Å². The van der Waals surface area contributed by atoms with Gasteiger partial charge in [-0.25, -0.2) is 4.98 Å². The fourth-order valence-electron chi connectivity index (χ4n) is 2.14. The summed E-state index contributed by atoms with van der Waals surface area (Å²) >= 11 is 12.2. The van der Waals surface area contributed by atoms with Crippen LogP contribution < -0.4 is 5.32 Å². The smallest absolute Gasteiger partial charge is 0.105 e. The van der Waals surface area contributed by atoms with Gasteiger partial charge < -0.3 is 9.88 Å². The van der Waals surface area contributed by atoms with Crippen molar-refractivity contribution in [1.82, 2.24) is 14.9 Å². The van der Waals surface area contributed by atoms with Crippen molar-refractivity contribution in [1.29, 1.82) is 0 Å². The topological polar surface area (TPSA) is 29.9 Å². The molecule has 1 N–H and O–H groups in total. The molecule has 1 atom stereocenters. The lowest BCUT2D eigenvalue weighted by Gasteiger charge is -2.15. The minimum Gasteiger partial charge on any atom is -0.335 e. The number of aryl methyl sites for hydroxylation is 1. The quantitative estimate of drug-likeness (QED) is 0.876. The zero-order chi connectivity index (χ0) is 14.5. The van der Waals surface area contributed by atoms with E-state index < -0.39 is 0 Å². The van der Waals surface area contributed by atoms with E-state index >= 15 is 0 Å². The molecule has 20 heavy (non-hydrogen) atoms. The molecule has 0 spiro atoms. The molecule has 3 nitrogen and oxygen atoms in total. The van der Waals surface area contributed by atoms with E-state index in [1.165, 1.54) is 0 Å². The van der Waals surface area contributed by atoms with Gasteiger partial charge in [0.25, 0.3) is 0 Å². The molecule has 1 heterocycles. The van der Waals surface area contributed by atoms with E-state index in [4.69, 9.17) is 23.2 Å². The summed E-state index contributed by atoms with van der Waals surface area (Å²) in [7, 11) is 0. The molecule has 1 aromatic heterocycles. The van der Waals surface area contributed by atoms with Crippen molar-refractivity contribution in [2.24, 2.45) is 5.92 Å². The molecule has 0 amide bonds. The maximum absolute atomic E-state index is 6.16. The molecule has 0 saturated carbocycles. The lowest BCUT2D eigenvalue weighted by atomic mass is 10.1. The highest BCUT2D eigenvalue weighted by Gasteiger charge is 2.07. The highest BCUT2D eigenvalue weighted by molar-refractivity contribution is 6.42. The molecule has 0 radical (unpaired) electrons. The van der Waals surface area contributed by atoms with Crippen molar-refractivity contribution < 1.29 is 0 Å². The SMILES string of the molecule is Cc1nccn1CC(C)CNCc1cccc(Cl)c1Cl. The normalized spacial score (nSPS) is 12.6. The molecular weight excluding hydrogens is 293 g/mol. The Labute approximate surface area is 129 Å². The summed E-state index contributed by atoms with van der Waals surface area (Å²) in [5, 5.41) is 4.67. The van der Waals surface area contributed by atoms with E-state index in [1.54, 1.807) is 6.07 Å². The van der Waals surface area contributed by atoms with Crippen molar-refractivity contribution in [3.8, 4) is 0 Å². The van der Waals surface area contributed by atoms with E-state index in [2.05, 4.69) is 21.8 Å². The van der Waals surface area contributed by atoms with Crippen LogP contribution in [0.4, 0.5) is 0 Å². The summed E-state index contributed by atoms with van der Waals surface area (Å²) < 4.78 is 2.17. The van der Waals surface area contributed by atoms with Gasteiger partial charge in [0.05, 0.1) is 10.0 Å². The Morgan fingerprint density at radius 3 is 2.85 bits per heavy atom. The Morgan fingerprint density at radius 1 is 1.35 bits per heavy atom. The van der Waals surface area contributed by atoms with E-state index in [9.17, 15) is 0 Å². The first-order valence-corrected chi connectivity index (χ1v) is 7.45. The van der Waals surface area contributed by atoms with Crippen LogP contribution >= 0.6 is 23.2 Å². The molecule has 2 rings (SSSR count). The number of hydrogen-bond acceptors (Lipinski definition) is 2. The third-order valence-corrected chi connectivity index (χ3v) is 4.13. The maximum Gasteiger partial charge on any atom is 0.105 e. The second-order valence-electron chi connectivity index (χ2n) is 5.08. The maximum atomic E-state index is 6.16. The number of nitrogens with zero attached hydrogens (tertiary/aromatic N) is 2. The first kappa shape index (κ1) is 15.4. The Balaban J connectivity index is 1.81. The molecule has 1 unspecified atom stereocenters. The summed E-state index contributed by atoms with van der Waals surface area (Å²) in [6, 6.07) is 5.72. The second-order valence-corrected chi connectivity index (χ2v) is 5.86. The van der Waals surface area contributed by atoms with Crippen LogP contribution in [0.5, 0.6) is 0 Å². The van der Waals surface area contributed by atoms with Crippen LogP contribution in [-0.2, 0) is 13.1 Å². The van der Waals surface area contributed by atoms with Crippen molar-refractivity contribution in [2.75, 3.05) is 6.54 Å². The molecule has 1 aromatic carbocycles. The Kier molecular flexibility index (Phi) is 5.46. The van der Waals surface area contributed by atoms with E-state index in [-0.39, 0.29) is 0 Å². The predicted molar refractivity (Wildman–Crippen MR) is 84.3 cm³/mol. The van der Waals surface area contributed by atoms with Gasteiger partial charge in [0, 0.05) is 25.5 Å². The highest BCUT2D eigenvalue weighted by atomic mass is 35.5. The minimum atomic E-state index is 0.515. The molecular formula is C15H19Cl2N3. The number of hydrogen-bond donors (Lipinski definition) is 1. The van der Waals surface area contributed by atoms with Crippen LogP contribution in [-0.4, -0.2) is 16.1 Å². The number of halogens is 2. The van der Waals surface area contributed by atoms with E-state index in [1.807, 2.05) is 31.5 Å². The third-order valence-electron chi connectivity index (χ3n) is 3.27. The molecule has 0 bridgehead atoms. The molecule has 0 fully saturated rings. The van der Waals surface area contributed by atoms with Gasteiger partial charge in [-0.2, -0.15) is 0 Å². The van der Waals surface area contributed by atoms with Gasteiger partial charge in [0.2, 0.25) is 0 Å². The molecule has 5 heteroatoms. The van der Waals surface area contributed by atoms with Crippen LogP contribution in [0, 0.1) is 12.8 Å². The Morgan fingerprint density at radius 2 is 2.15 bits per heavy atom. The van der Waals surface area contributed by atoms with Gasteiger partial charge in [0.15, 0.2) is 0 Å². The van der Waals surface area contributed by atoms with Gasteiger partial charge in [-0.1, -0.05) is 42.3 Å². The third kappa shape index (κ3) is 3.98. The molecule has 108 valence electrons. The number of nitrogens with one attached hydrogen (secondary N) is 1. The Hall–Kier alpha value is -1.03. The average Bonchev–Trinajstić information content (AvgIpc) is 2.80. The van der Waals surface area contributed by atoms with Crippen LogP contribution in [0.1, 0.15) is 18.3 Å². The summed E-state index contributed by atoms with van der Waals surface area (Å²) in [4.78, 5) is 4.23. The number of benzene rings is 1. The molecule has 0 aliphatic carbocycles. The molecule has 2 aromatic rings. The lowest BCUT2D eigenvalue weighted by molar-refractivity contribution is 0.440. The predicted octanol–water partition coefficient (Wildman–Crippen LogP) is 3.92. The van der Waals surface area contributed by atoms with Gasteiger partial charge in [-0.15, -0.1) is 0 Å². The zero-order valence-corrected chi connectivity index (χ0v) is 13.2. The minimum absolute atomic E-state index is 0.515. The largest absolute Gasteiger partial charge is 0.335 e. The zero-order valence-electron chi connectivity index (χ0n) is 11.7. The van der Waals surface area contributed by atoms with Crippen LogP contribution in [0.25, 0.3) is 0 Å².